The van der Waals surface area contributed by atoms with Crippen LogP contribution < -0.4 is 4.74 Å². The Morgan fingerprint density at radius 2 is 1.51 bits per heavy atom. The molecule has 2 aromatic rings. The van der Waals surface area contributed by atoms with Gasteiger partial charge in [0.05, 0.1) is 0 Å². The van der Waals surface area contributed by atoms with E-state index in [1.165, 1.54) is 49.7 Å². The molecule has 0 spiro atoms. The van der Waals surface area contributed by atoms with Crippen molar-refractivity contribution in [2.45, 2.75) is 105 Å². The summed E-state index contributed by atoms with van der Waals surface area (Å²) in [6.07, 6.45) is 11.5. The van der Waals surface area contributed by atoms with Gasteiger partial charge in [-0.15, -0.1) is 0 Å². The Bertz CT molecular complexity index is 1000. The number of hydrogen-bond donors (Lipinski definition) is 0. The third kappa shape index (κ3) is 7.53. The Balaban J connectivity index is 1.82. The molecule has 0 N–H and O–H groups in total. The van der Waals surface area contributed by atoms with Gasteiger partial charge in [-0.3, -0.25) is 9.59 Å². The van der Waals surface area contributed by atoms with Gasteiger partial charge >= 0.3 is 5.97 Å². The predicted octanol–water partition coefficient (Wildman–Crippen LogP) is 8.46. The molecule has 0 bridgehead atoms. The van der Waals surface area contributed by atoms with Crippen molar-refractivity contribution in [3.8, 4) is 5.75 Å². The quantitative estimate of drug-likeness (QED) is 0.119. The fraction of sp³-hybridized carbons (Fsp3) is 0.562. The molecular formula is C32H44O3. The molecule has 1 heterocycles. The summed E-state index contributed by atoms with van der Waals surface area (Å²) in [6.45, 7) is 10.7. The van der Waals surface area contributed by atoms with E-state index in [-0.39, 0.29) is 11.8 Å². The van der Waals surface area contributed by atoms with Gasteiger partial charge in [0.15, 0.2) is 5.78 Å². The van der Waals surface area contributed by atoms with Crippen molar-refractivity contribution < 1.29 is 14.3 Å². The zero-order valence-electron chi connectivity index (χ0n) is 22.5. The maximum atomic E-state index is 13.2. The van der Waals surface area contributed by atoms with Crippen LogP contribution in [-0.4, -0.2) is 11.8 Å². The van der Waals surface area contributed by atoms with Crippen molar-refractivity contribution in [1.29, 1.82) is 0 Å². The Morgan fingerprint density at radius 1 is 0.857 bits per heavy atom. The average Bonchev–Trinajstić information content (AvgIpc) is 3.14. The smallest absolute Gasteiger partial charge is 0.323 e. The molecule has 0 saturated heterocycles. The summed E-state index contributed by atoms with van der Waals surface area (Å²) in [5.41, 5.74) is 4.79. The summed E-state index contributed by atoms with van der Waals surface area (Å²) >= 11 is 0. The van der Waals surface area contributed by atoms with Crippen LogP contribution >= 0.6 is 0 Å². The van der Waals surface area contributed by atoms with Crippen molar-refractivity contribution in [3.63, 3.8) is 0 Å². The Kier molecular flexibility index (Phi) is 10.1. The molecule has 0 aromatic heterocycles. The highest BCUT2D eigenvalue weighted by Gasteiger charge is 2.38. The second kappa shape index (κ2) is 13.0. The van der Waals surface area contributed by atoms with E-state index in [0.29, 0.717) is 11.3 Å². The third-order valence-electron chi connectivity index (χ3n) is 7.17. The van der Waals surface area contributed by atoms with Crippen LogP contribution in [0.5, 0.6) is 5.75 Å². The summed E-state index contributed by atoms with van der Waals surface area (Å²) in [6, 6.07) is 12.1. The summed E-state index contributed by atoms with van der Waals surface area (Å²) in [7, 11) is 0. The van der Waals surface area contributed by atoms with Crippen LogP contribution in [0.3, 0.4) is 0 Å². The van der Waals surface area contributed by atoms with Gasteiger partial charge in [0.2, 0.25) is 0 Å². The van der Waals surface area contributed by atoms with Gasteiger partial charge in [-0.25, -0.2) is 0 Å². The Morgan fingerprint density at radius 3 is 2.14 bits per heavy atom. The molecule has 1 unspecified atom stereocenters. The van der Waals surface area contributed by atoms with E-state index in [0.717, 1.165) is 48.6 Å². The topological polar surface area (TPSA) is 43.4 Å². The molecule has 3 heteroatoms. The number of rotatable bonds is 14. The van der Waals surface area contributed by atoms with Crippen LogP contribution in [0.2, 0.25) is 0 Å². The zero-order chi connectivity index (χ0) is 25.4. The van der Waals surface area contributed by atoms with Crippen LogP contribution in [0.25, 0.3) is 0 Å². The molecule has 3 rings (SSSR count). The second-order valence-corrected chi connectivity index (χ2v) is 11.1. The van der Waals surface area contributed by atoms with Crippen LogP contribution in [0, 0.1) is 11.8 Å². The van der Waals surface area contributed by atoms with E-state index in [1.807, 2.05) is 18.2 Å². The number of hydrogen-bond acceptors (Lipinski definition) is 3. The first-order valence-electron chi connectivity index (χ1n) is 13.7. The Hall–Kier alpha value is -2.42. The van der Waals surface area contributed by atoms with E-state index in [2.05, 4.69) is 45.9 Å². The normalized spacial score (nSPS) is 15.1. The van der Waals surface area contributed by atoms with Crippen molar-refractivity contribution in [2.24, 2.45) is 11.8 Å². The molecule has 0 radical (unpaired) electrons. The first kappa shape index (κ1) is 27.2. The number of aryl methyl sites for hydroxylation is 2. The van der Waals surface area contributed by atoms with Gasteiger partial charge < -0.3 is 4.74 Å². The second-order valence-electron chi connectivity index (χ2n) is 11.1. The fourth-order valence-corrected chi connectivity index (χ4v) is 5.22. The molecule has 0 saturated carbocycles. The molecule has 0 fully saturated rings. The number of ether oxygens (including phenoxy) is 1. The first-order valence-corrected chi connectivity index (χ1v) is 13.7. The number of carbonyl (C=O) groups excluding carboxylic acids is 2. The number of carbonyl (C=O) groups is 2. The minimum atomic E-state index is -0.517. The van der Waals surface area contributed by atoms with Crippen LogP contribution in [0.15, 0.2) is 36.4 Å². The van der Waals surface area contributed by atoms with Crippen molar-refractivity contribution >= 4 is 11.8 Å². The number of unbranched alkanes of at least 4 members (excludes halogenated alkanes) is 4. The van der Waals surface area contributed by atoms with Crippen molar-refractivity contribution in [1.82, 2.24) is 0 Å². The number of ketones is 1. The number of esters is 1. The third-order valence-corrected chi connectivity index (χ3v) is 7.17. The SMILES string of the molecule is CC(=O)c1ccc(CCCCCC(C)C)cc1C1C(=O)Oc2cccc(CCCCCC(C)C)c21. The minimum absolute atomic E-state index is 0.00380. The van der Waals surface area contributed by atoms with E-state index in [1.54, 1.807) is 6.92 Å². The van der Waals surface area contributed by atoms with E-state index < -0.39 is 5.92 Å². The number of fused-ring (bicyclic) bond motifs is 1. The molecule has 1 atom stereocenters. The molecule has 2 aromatic carbocycles. The molecule has 0 aliphatic carbocycles. The van der Waals surface area contributed by atoms with Gasteiger partial charge in [-0.05, 0) is 67.2 Å². The van der Waals surface area contributed by atoms with Crippen LogP contribution in [-0.2, 0) is 17.6 Å². The van der Waals surface area contributed by atoms with Crippen molar-refractivity contribution in [3.05, 3.63) is 64.2 Å². The summed E-state index contributed by atoms with van der Waals surface area (Å²) in [5.74, 6) is 1.36. The molecule has 3 nitrogen and oxygen atoms in total. The lowest BCUT2D eigenvalue weighted by molar-refractivity contribution is -0.133. The monoisotopic (exact) mass is 476 g/mol. The highest BCUT2D eigenvalue weighted by Crippen LogP contribution is 2.43. The highest BCUT2D eigenvalue weighted by molar-refractivity contribution is 5.99. The Labute approximate surface area is 212 Å². The van der Waals surface area contributed by atoms with Crippen LogP contribution in [0.4, 0.5) is 0 Å². The first-order chi connectivity index (χ1) is 16.8. The van der Waals surface area contributed by atoms with Gasteiger partial charge in [0.1, 0.15) is 11.7 Å². The largest absolute Gasteiger partial charge is 0.425 e. The van der Waals surface area contributed by atoms with Gasteiger partial charge in [-0.2, -0.15) is 0 Å². The standard InChI is InChI=1S/C32H44O3/c1-22(2)13-8-6-10-15-25-19-20-27(24(5)33)28(21-25)31-30-26(16-11-7-9-14-23(3)4)17-12-18-29(30)35-32(31)34/h12,17-23,31H,6-11,13-16H2,1-5H3. The molecule has 1 aliphatic heterocycles. The number of benzene rings is 2. The van der Waals surface area contributed by atoms with Gasteiger partial charge in [0.25, 0.3) is 0 Å². The van der Waals surface area contributed by atoms with E-state index in [9.17, 15) is 9.59 Å². The highest BCUT2D eigenvalue weighted by atomic mass is 16.5. The maximum Gasteiger partial charge on any atom is 0.323 e. The molecule has 1 aliphatic rings. The lowest BCUT2D eigenvalue weighted by Crippen LogP contribution is -2.16. The maximum absolute atomic E-state index is 13.2. The van der Waals surface area contributed by atoms with Gasteiger partial charge in [0, 0.05) is 11.1 Å². The molecule has 190 valence electrons. The average molecular weight is 477 g/mol. The molecule has 0 amide bonds. The van der Waals surface area contributed by atoms with Crippen molar-refractivity contribution in [2.75, 3.05) is 0 Å². The van der Waals surface area contributed by atoms with Gasteiger partial charge in [-0.1, -0.05) is 96.6 Å². The molecular weight excluding hydrogens is 432 g/mol. The zero-order valence-corrected chi connectivity index (χ0v) is 22.5. The summed E-state index contributed by atoms with van der Waals surface area (Å²) in [5, 5.41) is 0. The number of Topliss-reactive ketones (excluding diaryl/α,β-unsaturated/α-hetero) is 1. The lowest BCUT2D eigenvalue weighted by Gasteiger charge is -2.17. The minimum Gasteiger partial charge on any atom is -0.425 e. The summed E-state index contributed by atoms with van der Waals surface area (Å²) in [4.78, 5) is 25.7. The van der Waals surface area contributed by atoms with E-state index >= 15 is 0 Å². The van der Waals surface area contributed by atoms with E-state index in [4.69, 9.17) is 4.74 Å². The summed E-state index contributed by atoms with van der Waals surface area (Å²) < 4.78 is 5.73. The molecule has 35 heavy (non-hydrogen) atoms. The predicted molar refractivity (Wildman–Crippen MR) is 144 cm³/mol. The van der Waals surface area contributed by atoms with Crippen LogP contribution in [0.1, 0.15) is 125 Å². The fourth-order valence-electron chi connectivity index (χ4n) is 5.22. The lowest BCUT2D eigenvalue weighted by atomic mass is 9.83.